The minimum atomic E-state index is -1.98. The number of fused-ring (bicyclic) bond motifs is 1. The number of rotatable bonds is 11. The van der Waals surface area contributed by atoms with Crippen molar-refractivity contribution in [3.05, 3.63) is 77.8 Å². The summed E-state index contributed by atoms with van der Waals surface area (Å²) >= 11 is -1.25. The summed E-state index contributed by atoms with van der Waals surface area (Å²) < 4.78 is 30.2. The first-order valence-electron chi connectivity index (χ1n) is 19.1. The fourth-order valence-electron chi connectivity index (χ4n) is 5.93. The van der Waals surface area contributed by atoms with Gasteiger partial charge in [0, 0.05) is 35.4 Å². The molecule has 0 bridgehead atoms. The molecule has 0 fully saturated rings. The Labute approximate surface area is 326 Å². The molecule has 0 saturated carbocycles. The van der Waals surface area contributed by atoms with Gasteiger partial charge in [0.1, 0.15) is 10.3 Å². The molecule has 0 aliphatic carbocycles. The number of carbonyl (C=O) groups is 1. The van der Waals surface area contributed by atoms with Crippen molar-refractivity contribution in [2.75, 3.05) is 13.1 Å². The topological polar surface area (TPSA) is 117 Å². The molecule has 3 aromatic heterocycles. The number of nitrogens with one attached hydrogen (secondary N) is 1. The summed E-state index contributed by atoms with van der Waals surface area (Å²) in [6, 6.07) is 16.2. The highest BCUT2D eigenvalue weighted by atomic mass is 32.2. The maximum absolute atomic E-state index is 13.2. The summed E-state index contributed by atoms with van der Waals surface area (Å²) in [5, 5.41) is 5.98. The first kappa shape index (κ1) is 41.6. The van der Waals surface area contributed by atoms with Crippen LogP contribution in [-0.4, -0.2) is 67.0 Å². The quantitative estimate of drug-likeness (QED) is 0.118. The maximum Gasteiger partial charge on any atom is 0.410 e. The fraction of sp³-hybridized carbons (Fsp3) is 0.524. The van der Waals surface area contributed by atoms with Gasteiger partial charge in [0.05, 0.1) is 41.4 Å². The maximum atomic E-state index is 13.2. The van der Waals surface area contributed by atoms with Gasteiger partial charge >= 0.3 is 6.09 Å². The molecule has 1 aliphatic rings. The highest BCUT2D eigenvalue weighted by molar-refractivity contribution is 7.90. The molecule has 4 aromatic rings. The predicted octanol–water partition coefficient (Wildman–Crippen LogP) is 9.92. The molecule has 292 valence electrons. The normalized spacial score (nSPS) is 15.6. The van der Waals surface area contributed by atoms with E-state index in [1.54, 1.807) is 4.90 Å². The summed E-state index contributed by atoms with van der Waals surface area (Å²) in [6.45, 7) is 26.4. The van der Waals surface area contributed by atoms with Gasteiger partial charge in [-0.1, -0.05) is 52.3 Å². The minimum Gasteiger partial charge on any atom is -0.598 e. The lowest BCUT2D eigenvalue weighted by molar-refractivity contribution is 0.0270. The van der Waals surface area contributed by atoms with E-state index in [4.69, 9.17) is 24.2 Å². The first-order valence-corrected chi connectivity index (χ1v) is 23.2. The van der Waals surface area contributed by atoms with Gasteiger partial charge in [-0.05, 0) is 120 Å². The van der Waals surface area contributed by atoms with Crippen LogP contribution in [0.3, 0.4) is 0 Å². The van der Waals surface area contributed by atoms with Crippen molar-refractivity contribution in [3.8, 4) is 17.1 Å². The number of amides is 1. The van der Waals surface area contributed by atoms with Crippen LogP contribution >= 0.6 is 0 Å². The lowest BCUT2D eigenvalue weighted by atomic mass is 9.93. The van der Waals surface area contributed by atoms with Crippen LogP contribution in [0.4, 0.5) is 4.79 Å². The van der Waals surface area contributed by atoms with Gasteiger partial charge in [0.15, 0.2) is 14.1 Å². The summed E-state index contributed by atoms with van der Waals surface area (Å²) in [4.78, 5) is 24.9. The second-order valence-electron chi connectivity index (χ2n) is 17.7. The van der Waals surface area contributed by atoms with E-state index in [0.717, 1.165) is 57.5 Å². The zero-order chi connectivity index (χ0) is 39.6. The van der Waals surface area contributed by atoms with Gasteiger partial charge in [-0.3, -0.25) is 4.98 Å². The van der Waals surface area contributed by atoms with Crippen LogP contribution in [0.1, 0.15) is 111 Å². The SMILES string of the molecule is CCC[C@H](N[S@+]([O-])C(C)(C)C)c1cccc(-c2cc(C3=CCN(C(=O)OC(C)(C)C)CC3)c3cnn(-c4cccc(CO[Si](C)(C)C(C)(C)C)n4)c3c2)n1. The van der Waals surface area contributed by atoms with Crippen molar-refractivity contribution < 1.29 is 18.5 Å². The third-order valence-electron chi connectivity index (χ3n) is 10.1. The number of hydrogen-bond donors (Lipinski definition) is 1. The lowest BCUT2D eigenvalue weighted by Crippen LogP contribution is -2.41. The third kappa shape index (κ3) is 10.00. The molecule has 12 heteroatoms. The zero-order valence-electron chi connectivity index (χ0n) is 34.4. The lowest BCUT2D eigenvalue weighted by Gasteiger charge is -2.36. The van der Waals surface area contributed by atoms with Gasteiger partial charge in [-0.15, -0.1) is 4.72 Å². The van der Waals surface area contributed by atoms with Crippen LogP contribution in [0, 0.1) is 0 Å². The van der Waals surface area contributed by atoms with E-state index in [2.05, 4.69) is 63.7 Å². The number of benzene rings is 1. The summed E-state index contributed by atoms with van der Waals surface area (Å²) in [5.41, 5.74) is 5.96. The molecule has 2 atom stereocenters. The average molecular weight is 773 g/mol. The van der Waals surface area contributed by atoms with Crippen molar-refractivity contribution in [3.63, 3.8) is 0 Å². The largest absolute Gasteiger partial charge is 0.598 e. The fourth-order valence-corrected chi connectivity index (χ4v) is 7.73. The molecule has 1 amide bonds. The number of hydrogen-bond acceptors (Lipinski definition) is 8. The Kier molecular flexibility index (Phi) is 12.5. The summed E-state index contributed by atoms with van der Waals surface area (Å²) in [7, 11) is -1.98. The number of aromatic nitrogens is 4. The van der Waals surface area contributed by atoms with E-state index >= 15 is 0 Å². The molecule has 0 spiro atoms. The Morgan fingerprint density at radius 2 is 1.74 bits per heavy atom. The van der Waals surface area contributed by atoms with E-state index in [1.807, 2.05) is 88.8 Å². The van der Waals surface area contributed by atoms with E-state index in [1.165, 1.54) is 0 Å². The monoisotopic (exact) mass is 772 g/mol. The molecular weight excluding hydrogens is 713 g/mol. The van der Waals surface area contributed by atoms with Crippen molar-refractivity contribution >= 4 is 42.2 Å². The summed E-state index contributed by atoms with van der Waals surface area (Å²) in [5.74, 6) is 0.705. The van der Waals surface area contributed by atoms with Crippen LogP contribution in [-0.2, 0) is 27.1 Å². The standard InChI is InChI=1S/C42H60N6O4SSi/c1-13-16-36(46-53(50)41(5,6)7)35-19-15-18-34(45-35)30-25-32(29-21-23-47(24-22-29)39(49)52-40(2,3)4)33-27-43-48(37(33)26-30)38-20-14-17-31(44-38)28-51-54(11,12)42(8,9)10/h14-15,17-21,25-27,36,46H,13,16,22-24,28H2,1-12H3/t36-,53+/m0/s1. The van der Waals surface area contributed by atoms with Crippen LogP contribution in [0.25, 0.3) is 33.6 Å². The second kappa shape index (κ2) is 16.3. The third-order valence-corrected chi connectivity index (χ3v) is 16.2. The Hall–Kier alpha value is -3.55. The van der Waals surface area contributed by atoms with Gasteiger partial charge < -0.3 is 18.6 Å². The Bertz CT molecular complexity index is 1970. The van der Waals surface area contributed by atoms with Crippen molar-refractivity contribution in [2.45, 2.75) is 130 Å². The molecular formula is C42H60N6O4SSi. The number of pyridine rings is 2. The minimum absolute atomic E-state index is 0.0922. The molecule has 0 radical (unpaired) electrons. The number of carbonyl (C=O) groups excluding carboxylic acids is 1. The van der Waals surface area contributed by atoms with E-state index < -0.39 is 30.0 Å². The van der Waals surface area contributed by atoms with Crippen LogP contribution < -0.4 is 4.72 Å². The molecule has 1 N–H and O–H groups in total. The van der Waals surface area contributed by atoms with Gasteiger partial charge in [0.2, 0.25) is 0 Å². The molecule has 54 heavy (non-hydrogen) atoms. The summed E-state index contributed by atoms with van der Waals surface area (Å²) in [6.07, 6.45) is 6.10. The zero-order valence-corrected chi connectivity index (χ0v) is 36.2. The molecule has 0 saturated heterocycles. The average Bonchev–Trinajstić information content (AvgIpc) is 3.53. The van der Waals surface area contributed by atoms with Crippen LogP contribution in [0.2, 0.25) is 18.1 Å². The first-order chi connectivity index (χ1) is 25.2. The molecule has 1 aliphatic heterocycles. The number of nitrogens with zero attached hydrogens (tertiary/aromatic N) is 5. The molecule has 10 nitrogen and oxygen atoms in total. The molecule has 0 unspecified atom stereocenters. The highest BCUT2D eigenvalue weighted by Crippen LogP contribution is 2.38. The Morgan fingerprint density at radius 1 is 1.02 bits per heavy atom. The van der Waals surface area contributed by atoms with Gasteiger partial charge in [-0.2, -0.15) is 5.10 Å². The van der Waals surface area contributed by atoms with Crippen molar-refractivity contribution in [1.29, 1.82) is 0 Å². The van der Waals surface area contributed by atoms with Gasteiger partial charge in [-0.25, -0.2) is 14.5 Å². The molecule has 1 aromatic carbocycles. The van der Waals surface area contributed by atoms with Crippen molar-refractivity contribution in [1.82, 2.24) is 29.4 Å². The predicted molar refractivity (Wildman–Crippen MR) is 223 cm³/mol. The van der Waals surface area contributed by atoms with E-state index in [-0.39, 0.29) is 17.2 Å². The van der Waals surface area contributed by atoms with E-state index in [0.29, 0.717) is 31.9 Å². The number of ether oxygens (including phenoxy) is 1. The van der Waals surface area contributed by atoms with Gasteiger partial charge in [0.25, 0.3) is 0 Å². The molecule has 5 rings (SSSR count). The Balaban J connectivity index is 1.58. The second-order valence-corrected chi connectivity index (χ2v) is 24.5. The van der Waals surface area contributed by atoms with Crippen molar-refractivity contribution in [2.24, 2.45) is 0 Å². The Morgan fingerprint density at radius 3 is 2.37 bits per heavy atom. The smallest absolute Gasteiger partial charge is 0.410 e. The highest BCUT2D eigenvalue weighted by Gasteiger charge is 2.37. The van der Waals surface area contributed by atoms with Crippen LogP contribution in [0.15, 0.2) is 60.8 Å². The molecule has 4 heterocycles. The van der Waals surface area contributed by atoms with E-state index in [9.17, 15) is 9.35 Å². The van der Waals surface area contributed by atoms with Crippen LogP contribution in [0.5, 0.6) is 0 Å².